The number of nitrogens with zero attached hydrogens (tertiary/aromatic N) is 3. The Balaban J connectivity index is 1.47. The van der Waals surface area contributed by atoms with Crippen molar-refractivity contribution in [1.29, 1.82) is 0 Å². The molecule has 0 aliphatic rings. The van der Waals surface area contributed by atoms with Crippen LogP contribution < -0.4 is 15.4 Å². The van der Waals surface area contributed by atoms with E-state index in [2.05, 4.69) is 20.7 Å². The summed E-state index contributed by atoms with van der Waals surface area (Å²) < 4.78 is 7.30. The lowest BCUT2D eigenvalue weighted by molar-refractivity contribution is -0.122. The number of nitrogens with one attached hydrogen (secondary N) is 2. The summed E-state index contributed by atoms with van der Waals surface area (Å²) in [6.45, 7) is 3.10. The van der Waals surface area contributed by atoms with Gasteiger partial charge >= 0.3 is 0 Å². The number of fused-ring (bicyclic) bond motifs is 1. The molecule has 0 bridgehead atoms. The lowest BCUT2D eigenvalue weighted by Gasteiger charge is -2.13. The second kappa shape index (κ2) is 8.75. The topological polar surface area (TPSA) is 97.6 Å². The number of amides is 2. The maximum atomic E-state index is 12.5. The highest BCUT2D eigenvalue weighted by Crippen LogP contribution is 2.27. The number of rotatable bonds is 6. The summed E-state index contributed by atoms with van der Waals surface area (Å²) in [6, 6.07) is 14.2. The molecule has 0 aliphatic heterocycles. The van der Waals surface area contributed by atoms with Gasteiger partial charge in [0, 0.05) is 28.6 Å². The van der Waals surface area contributed by atoms with Gasteiger partial charge in [0.2, 0.25) is 10.9 Å². The molecule has 1 unspecified atom stereocenters. The Morgan fingerprint density at radius 2 is 1.81 bits per heavy atom. The van der Waals surface area contributed by atoms with Gasteiger partial charge in [0.15, 0.2) is 6.10 Å². The molecule has 2 heterocycles. The van der Waals surface area contributed by atoms with E-state index in [1.54, 1.807) is 35.7 Å². The lowest BCUT2D eigenvalue weighted by Crippen LogP contribution is -2.30. The summed E-state index contributed by atoms with van der Waals surface area (Å²) in [7, 11) is 0. The molecule has 2 aromatic heterocycles. The van der Waals surface area contributed by atoms with Gasteiger partial charge in [-0.25, -0.2) is 4.52 Å². The van der Waals surface area contributed by atoms with Crippen molar-refractivity contribution in [2.45, 2.75) is 20.0 Å². The molecule has 2 N–H and O–H groups in total. The van der Waals surface area contributed by atoms with Gasteiger partial charge < -0.3 is 10.1 Å². The predicted molar refractivity (Wildman–Crippen MR) is 121 cm³/mol. The van der Waals surface area contributed by atoms with Crippen LogP contribution in [0.3, 0.4) is 0 Å². The van der Waals surface area contributed by atoms with Crippen molar-refractivity contribution in [3.05, 3.63) is 58.9 Å². The number of benzene rings is 2. The average molecular weight is 456 g/mol. The molecule has 4 aromatic rings. The second-order valence-corrected chi connectivity index (χ2v) is 7.99. The molecule has 0 aliphatic carbocycles. The highest BCUT2D eigenvalue weighted by atomic mass is 35.5. The molecule has 0 fully saturated rings. The van der Waals surface area contributed by atoms with E-state index < -0.39 is 6.10 Å². The van der Waals surface area contributed by atoms with Crippen LogP contribution in [0, 0.1) is 0 Å². The number of halogens is 1. The smallest absolute Gasteiger partial charge is 0.267 e. The van der Waals surface area contributed by atoms with E-state index in [-0.39, 0.29) is 17.8 Å². The van der Waals surface area contributed by atoms with Gasteiger partial charge in [-0.15, -0.1) is 16.4 Å². The molecule has 2 aromatic carbocycles. The van der Waals surface area contributed by atoms with E-state index in [9.17, 15) is 9.59 Å². The zero-order valence-corrected chi connectivity index (χ0v) is 18.2. The summed E-state index contributed by atoms with van der Waals surface area (Å²) in [4.78, 5) is 28.7. The zero-order chi connectivity index (χ0) is 22.0. The fourth-order valence-electron chi connectivity index (χ4n) is 2.84. The lowest BCUT2D eigenvalue weighted by atomic mass is 10.1. The maximum Gasteiger partial charge on any atom is 0.267 e. The summed E-state index contributed by atoms with van der Waals surface area (Å²) in [6.07, 6.45) is -0.747. The number of anilines is 2. The molecule has 0 spiro atoms. The van der Waals surface area contributed by atoms with Crippen LogP contribution in [0.5, 0.6) is 5.75 Å². The fraction of sp³-hybridized carbons (Fsp3) is 0.143. The third-order valence-electron chi connectivity index (χ3n) is 4.31. The van der Waals surface area contributed by atoms with E-state index in [1.165, 1.54) is 18.3 Å². The molecule has 4 rings (SSSR count). The number of carbonyl (C=O) groups excluding carboxylic acids is 2. The van der Waals surface area contributed by atoms with Crippen LogP contribution >= 0.6 is 22.9 Å². The van der Waals surface area contributed by atoms with Crippen molar-refractivity contribution >= 4 is 51.3 Å². The number of aromatic nitrogens is 3. The predicted octanol–water partition coefficient (Wildman–Crippen LogP) is 4.48. The van der Waals surface area contributed by atoms with Crippen LogP contribution in [0.4, 0.5) is 11.6 Å². The third kappa shape index (κ3) is 4.84. The number of ether oxygens (including phenoxy) is 1. The van der Waals surface area contributed by atoms with Gasteiger partial charge in [0.1, 0.15) is 5.75 Å². The molecule has 0 radical (unpaired) electrons. The van der Waals surface area contributed by atoms with Crippen molar-refractivity contribution in [3.63, 3.8) is 0 Å². The van der Waals surface area contributed by atoms with Crippen LogP contribution in [0.2, 0.25) is 5.02 Å². The summed E-state index contributed by atoms with van der Waals surface area (Å²) >= 11 is 7.27. The minimum Gasteiger partial charge on any atom is -0.481 e. The van der Waals surface area contributed by atoms with Crippen LogP contribution in [0.25, 0.3) is 16.2 Å². The standard InChI is InChI=1S/C21H18ClN5O3S/c1-12(30-17-9-5-15(22)6-10-17)19(29)24-20-25-21-27(26-20)18(11-31-21)14-3-7-16(8-4-14)23-13(2)28/h3-12H,1-2H3,(H,23,28)(H,24,26,29). The fourth-order valence-corrected chi connectivity index (χ4v) is 3.80. The first kappa shape index (κ1) is 20.8. The minimum absolute atomic E-state index is 0.128. The Bertz CT molecular complexity index is 1230. The van der Waals surface area contributed by atoms with Gasteiger partial charge in [-0.05, 0) is 43.3 Å². The number of hydrogen-bond acceptors (Lipinski definition) is 6. The zero-order valence-electron chi connectivity index (χ0n) is 16.6. The van der Waals surface area contributed by atoms with E-state index in [0.717, 1.165) is 11.3 Å². The van der Waals surface area contributed by atoms with E-state index in [1.807, 2.05) is 29.6 Å². The van der Waals surface area contributed by atoms with Gasteiger partial charge in [0.05, 0.1) is 5.69 Å². The van der Waals surface area contributed by atoms with Crippen molar-refractivity contribution in [2.75, 3.05) is 10.6 Å². The molecular formula is C21H18ClN5O3S. The van der Waals surface area contributed by atoms with E-state index in [0.29, 0.717) is 21.4 Å². The Kier molecular flexibility index (Phi) is 5.88. The van der Waals surface area contributed by atoms with Gasteiger partial charge in [-0.1, -0.05) is 23.7 Å². The second-order valence-electron chi connectivity index (χ2n) is 6.71. The Morgan fingerprint density at radius 3 is 2.48 bits per heavy atom. The van der Waals surface area contributed by atoms with E-state index >= 15 is 0 Å². The first-order valence-electron chi connectivity index (χ1n) is 9.34. The molecule has 0 saturated heterocycles. The Morgan fingerprint density at radius 1 is 1.10 bits per heavy atom. The largest absolute Gasteiger partial charge is 0.481 e. The maximum absolute atomic E-state index is 12.5. The van der Waals surface area contributed by atoms with Crippen LogP contribution in [-0.4, -0.2) is 32.5 Å². The van der Waals surface area contributed by atoms with Gasteiger partial charge in [-0.3, -0.25) is 14.9 Å². The van der Waals surface area contributed by atoms with Crippen LogP contribution in [0.15, 0.2) is 53.9 Å². The number of hydrogen-bond donors (Lipinski definition) is 2. The third-order valence-corrected chi connectivity index (χ3v) is 5.38. The SMILES string of the molecule is CC(=O)Nc1ccc(-c2csc3nc(NC(=O)C(C)Oc4ccc(Cl)cc4)nn23)cc1. The molecule has 0 saturated carbocycles. The Hall–Kier alpha value is -3.43. The van der Waals surface area contributed by atoms with E-state index in [4.69, 9.17) is 16.3 Å². The highest BCUT2D eigenvalue weighted by molar-refractivity contribution is 7.15. The van der Waals surface area contributed by atoms with Crippen LogP contribution in [-0.2, 0) is 9.59 Å². The number of thiazole rings is 1. The Labute approximate surface area is 186 Å². The quantitative estimate of drug-likeness (QED) is 0.447. The van der Waals surface area contributed by atoms with Crippen molar-refractivity contribution in [2.24, 2.45) is 0 Å². The molecular weight excluding hydrogens is 438 g/mol. The molecule has 10 heteroatoms. The highest BCUT2D eigenvalue weighted by Gasteiger charge is 2.18. The molecule has 1 atom stereocenters. The number of carbonyl (C=O) groups is 2. The molecule has 8 nitrogen and oxygen atoms in total. The molecule has 158 valence electrons. The minimum atomic E-state index is -0.747. The monoisotopic (exact) mass is 455 g/mol. The summed E-state index contributed by atoms with van der Waals surface area (Å²) in [5.41, 5.74) is 2.44. The summed E-state index contributed by atoms with van der Waals surface area (Å²) in [5, 5.41) is 12.3. The van der Waals surface area contributed by atoms with Crippen molar-refractivity contribution in [3.8, 4) is 17.0 Å². The first-order valence-corrected chi connectivity index (χ1v) is 10.6. The average Bonchev–Trinajstić information content (AvgIpc) is 3.30. The summed E-state index contributed by atoms with van der Waals surface area (Å²) in [5.74, 6) is 0.237. The van der Waals surface area contributed by atoms with Crippen molar-refractivity contribution in [1.82, 2.24) is 14.6 Å². The molecule has 31 heavy (non-hydrogen) atoms. The molecule has 2 amide bonds. The van der Waals surface area contributed by atoms with Crippen molar-refractivity contribution < 1.29 is 14.3 Å². The van der Waals surface area contributed by atoms with Gasteiger partial charge in [-0.2, -0.15) is 4.98 Å². The normalized spacial score (nSPS) is 11.8. The first-order chi connectivity index (χ1) is 14.9. The van der Waals surface area contributed by atoms with Crippen LogP contribution in [0.1, 0.15) is 13.8 Å². The van der Waals surface area contributed by atoms with Gasteiger partial charge in [0.25, 0.3) is 11.9 Å².